The SMILES string of the molecule is CCN(CC)C(=O)CCNCc1c(C)cccc1C. The first-order valence-electron chi connectivity index (χ1n) is 7.13. The van der Waals surface area contributed by atoms with Gasteiger partial charge in [0.25, 0.3) is 0 Å². The van der Waals surface area contributed by atoms with E-state index in [-0.39, 0.29) is 5.91 Å². The predicted molar refractivity (Wildman–Crippen MR) is 80.2 cm³/mol. The van der Waals surface area contributed by atoms with Gasteiger partial charge in [-0.25, -0.2) is 0 Å². The number of carbonyl (C=O) groups excluding carboxylic acids is 1. The summed E-state index contributed by atoms with van der Waals surface area (Å²) in [7, 11) is 0. The highest BCUT2D eigenvalue weighted by Gasteiger charge is 2.08. The third-order valence-corrected chi connectivity index (χ3v) is 3.58. The van der Waals surface area contributed by atoms with Gasteiger partial charge in [0.2, 0.25) is 5.91 Å². The molecule has 0 aliphatic carbocycles. The molecule has 3 heteroatoms. The zero-order valence-electron chi connectivity index (χ0n) is 12.6. The quantitative estimate of drug-likeness (QED) is 0.766. The third kappa shape index (κ3) is 4.67. The normalized spacial score (nSPS) is 10.5. The van der Waals surface area contributed by atoms with Crippen LogP contribution in [0.5, 0.6) is 0 Å². The second-order valence-corrected chi connectivity index (χ2v) is 4.86. The largest absolute Gasteiger partial charge is 0.343 e. The highest BCUT2D eigenvalue weighted by Crippen LogP contribution is 2.12. The van der Waals surface area contributed by atoms with E-state index in [0.717, 1.165) is 26.2 Å². The van der Waals surface area contributed by atoms with Gasteiger partial charge >= 0.3 is 0 Å². The molecular weight excluding hydrogens is 236 g/mol. The number of nitrogens with zero attached hydrogens (tertiary/aromatic N) is 1. The van der Waals surface area contributed by atoms with Crippen LogP contribution in [0, 0.1) is 13.8 Å². The lowest BCUT2D eigenvalue weighted by Crippen LogP contribution is -2.32. The Morgan fingerprint density at radius 2 is 1.74 bits per heavy atom. The minimum absolute atomic E-state index is 0.235. The van der Waals surface area contributed by atoms with Crippen molar-refractivity contribution >= 4 is 5.91 Å². The highest BCUT2D eigenvalue weighted by molar-refractivity contribution is 5.76. The monoisotopic (exact) mass is 262 g/mol. The molecule has 0 spiro atoms. The molecule has 0 fully saturated rings. The van der Waals surface area contributed by atoms with Crippen molar-refractivity contribution in [1.82, 2.24) is 10.2 Å². The molecule has 0 aromatic heterocycles. The summed E-state index contributed by atoms with van der Waals surface area (Å²) in [6.45, 7) is 11.5. The van der Waals surface area contributed by atoms with E-state index < -0.39 is 0 Å². The average Bonchev–Trinajstić information content (AvgIpc) is 2.38. The van der Waals surface area contributed by atoms with Crippen LogP contribution in [-0.2, 0) is 11.3 Å². The van der Waals surface area contributed by atoms with Crippen LogP contribution in [0.1, 0.15) is 37.0 Å². The van der Waals surface area contributed by atoms with Gasteiger partial charge in [-0.3, -0.25) is 4.79 Å². The molecular formula is C16H26N2O. The maximum atomic E-state index is 11.8. The van der Waals surface area contributed by atoms with Gasteiger partial charge in [-0.15, -0.1) is 0 Å². The van der Waals surface area contributed by atoms with Crippen molar-refractivity contribution in [1.29, 1.82) is 0 Å². The molecule has 1 N–H and O–H groups in total. The second-order valence-electron chi connectivity index (χ2n) is 4.86. The van der Waals surface area contributed by atoms with Gasteiger partial charge in [0.15, 0.2) is 0 Å². The van der Waals surface area contributed by atoms with Gasteiger partial charge in [0.05, 0.1) is 0 Å². The Labute approximate surface area is 117 Å². The molecule has 0 unspecified atom stereocenters. The number of rotatable bonds is 7. The highest BCUT2D eigenvalue weighted by atomic mass is 16.2. The Bertz CT molecular complexity index is 391. The van der Waals surface area contributed by atoms with Crippen LogP contribution in [0.2, 0.25) is 0 Å². The number of hydrogen-bond donors (Lipinski definition) is 1. The van der Waals surface area contributed by atoms with Crippen molar-refractivity contribution in [3.05, 3.63) is 34.9 Å². The van der Waals surface area contributed by atoms with E-state index in [1.165, 1.54) is 16.7 Å². The van der Waals surface area contributed by atoms with Crippen molar-refractivity contribution in [3.63, 3.8) is 0 Å². The molecule has 0 saturated heterocycles. The van der Waals surface area contributed by atoms with Crippen molar-refractivity contribution in [3.8, 4) is 0 Å². The van der Waals surface area contributed by atoms with E-state index in [4.69, 9.17) is 0 Å². The number of aryl methyl sites for hydroxylation is 2. The van der Waals surface area contributed by atoms with E-state index >= 15 is 0 Å². The smallest absolute Gasteiger partial charge is 0.223 e. The fourth-order valence-corrected chi connectivity index (χ4v) is 2.27. The van der Waals surface area contributed by atoms with Crippen LogP contribution in [0.15, 0.2) is 18.2 Å². The summed E-state index contributed by atoms with van der Waals surface area (Å²) in [4.78, 5) is 13.7. The zero-order valence-corrected chi connectivity index (χ0v) is 12.6. The van der Waals surface area contributed by atoms with Crippen LogP contribution >= 0.6 is 0 Å². The van der Waals surface area contributed by atoms with Crippen LogP contribution in [0.4, 0.5) is 0 Å². The van der Waals surface area contributed by atoms with Crippen molar-refractivity contribution in [2.75, 3.05) is 19.6 Å². The second kappa shape index (κ2) is 7.95. The minimum Gasteiger partial charge on any atom is -0.343 e. The fourth-order valence-electron chi connectivity index (χ4n) is 2.27. The van der Waals surface area contributed by atoms with Crippen molar-refractivity contribution in [2.24, 2.45) is 0 Å². The first kappa shape index (κ1) is 15.7. The lowest BCUT2D eigenvalue weighted by atomic mass is 10.0. The Hall–Kier alpha value is -1.35. The number of benzene rings is 1. The summed E-state index contributed by atoms with van der Waals surface area (Å²) >= 11 is 0. The molecule has 0 radical (unpaired) electrons. The van der Waals surface area contributed by atoms with E-state index in [9.17, 15) is 4.79 Å². The summed E-state index contributed by atoms with van der Waals surface area (Å²) < 4.78 is 0. The topological polar surface area (TPSA) is 32.3 Å². The molecule has 0 aliphatic heterocycles. The standard InChI is InChI=1S/C16H26N2O/c1-5-18(6-2)16(19)10-11-17-12-15-13(3)8-7-9-14(15)4/h7-9,17H,5-6,10-12H2,1-4H3. The van der Waals surface area contributed by atoms with Crippen LogP contribution in [0.25, 0.3) is 0 Å². The Morgan fingerprint density at radius 1 is 1.16 bits per heavy atom. The van der Waals surface area contributed by atoms with Gasteiger partial charge in [0.1, 0.15) is 0 Å². The number of carbonyl (C=O) groups is 1. The van der Waals surface area contributed by atoms with Crippen LogP contribution < -0.4 is 5.32 Å². The number of amides is 1. The van der Waals surface area contributed by atoms with Crippen LogP contribution in [-0.4, -0.2) is 30.4 Å². The van der Waals surface area contributed by atoms with Crippen LogP contribution in [0.3, 0.4) is 0 Å². The Kier molecular flexibility index (Phi) is 6.57. The van der Waals surface area contributed by atoms with Gasteiger partial charge in [-0.05, 0) is 44.4 Å². The molecule has 1 aromatic carbocycles. The van der Waals surface area contributed by atoms with E-state index in [2.05, 4.69) is 37.4 Å². The third-order valence-electron chi connectivity index (χ3n) is 3.58. The molecule has 0 heterocycles. The van der Waals surface area contributed by atoms with Crippen molar-refractivity contribution in [2.45, 2.75) is 40.7 Å². The maximum absolute atomic E-state index is 11.8. The summed E-state index contributed by atoms with van der Waals surface area (Å²) in [5.74, 6) is 0.235. The lowest BCUT2D eigenvalue weighted by Gasteiger charge is -2.18. The van der Waals surface area contributed by atoms with Crippen molar-refractivity contribution < 1.29 is 4.79 Å². The van der Waals surface area contributed by atoms with E-state index in [1.807, 2.05) is 18.7 Å². The molecule has 0 aliphatic rings. The summed E-state index contributed by atoms with van der Waals surface area (Å²) in [5.41, 5.74) is 3.96. The molecule has 0 saturated carbocycles. The average molecular weight is 262 g/mol. The molecule has 1 aromatic rings. The summed E-state index contributed by atoms with van der Waals surface area (Å²) in [6.07, 6.45) is 0.576. The molecule has 0 atom stereocenters. The van der Waals surface area contributed by atoms with E-state index in [1.54, 1.807) is 0 Å². The van der Waals surface area contributed by atoms with Gasteiger partial charge in [-0.1, -0.05) is 18.2 Å². The van der Waals surface area contributed by atoms with Gasteiger partial charge in [0, 0.05) is 32.6 Å². The molecule has 3 nitrogen and oxygen atoms in total. The fraction of sp³-hybridized carbons (Fsp3) is 0.562. The summed E-state index contributed by atoms with van der Waals surface area (Å²) in [6, 6.07) is 6.34. The van der Waals surface area contributed by atoms with E-state index in [0.29, 0.717) is 6.42 Å². The molecule has 19 heavy (non-hydrogen) atoms. The molecule has 0 bridgehead atoms. The first-order valence-corrected chi connectivity index (χ1v) is 7.13. The predicted octanol–water partition coefficient (Wildman–Crippen LogP) is 2.65. The molecule has 1 rings (SSSR count). The maximum Gasteiger partial charge on any atom is 0.223 e. The first-order chi connectivity index (χ1) is 9.10. The molecule has 1 amide bonds. The summed E-state index contributed by atoms with van der Waals surface area (Å²) in [5, 5.41) is 3.37. The number of hydrogen-bond acceptors (Lipinski definition) is 2. The zero-order chi connectivity index (χ0) is 14.3. The number of nitrogens with one attached hydrogen (secondary N) is 1. The Morgan fingerprint density at radius 3 is 2.26 bits per heavy atom. The van der Waals surface area contributed by atoms with Gasteiger partial charge in [-0.2, -0.15) is 0 Å². The lowest BCUT2D eigenvalue weighted by molar-refractivity contribution is -0.130. The molecule has 106 valence electrons. The Balaban J connectivity index is 2.37. The van der Waals surface area contributed by atoms with Gasteiger partial charge < -0.3 is 10.2 Å². The minimum atomic E-state index is 0.235.